The molecule has 0 amide bonds. The van der Waals surface area contributed by atoms with E-state index in [1.165, 1.54) is 6.20 Å². The van der Waals surface area contributed by atoms with Crippen LogP contribution >= 0.6 is 11.6 Å². The Kier molecular flexibility index (Phi) is 2.92. The zero-order valence-corrected chi connectivity index (χ0v) is 9.40. The van der Waals surface area contributed by atoms with Gasteiger partial charge in [0.1, 0.15) is 11.4 Å². The highest BCUT2D eigenvalue weighted by molar-refractivity contribution is 6.28. The first-order valence-corrected chi connectivity index (χ1v) is 5.05. The molecule has 0 bridgehead atoms. The highest BCUT2D eigenvalue weighted by atomic mass is 35.5. The summed E-state index contributed by atoms with van der Waals surface area (Å²) in [5, 5.41) is 0.108. The maximum absolute atomic E-state index is 5.67. The predicted octanol–water partition coefficient (Wildman–Crippen LogP) is 2.81. The second kappa shape index (κ2) is 4.37. The summed E-state index contributed by atoms with van der Waals surface area (Å²) in [6, 6.07) is 7.57. The lowest BCUT2D eigenvalue weighted by Crippen LogP contribution is -1.97. The number of ether oxygens (including phenoxy) is 1. The monoisotopic (exact) mass is 235 g/mol. The van der Waals surface area contributed by atoms with Crippen molar-refractivity contribution < 1.29 is 4.74 Å². The topological polar surface area (TPSA) is 61.0 Å². The number of hydrogen-bond acceptors (Lipinski definition) is 4. The van der Waals surface area contributed by atoms with E-state index in [2.05, 4.69) is 9.97 Å². The molecule has 0 atom stereocenters. The SMILES string of the molecule is Cc1cccc(Oc2nc(Cl)ncc2N)c1. The van der Waals surface area contributed by atoms with Gasteiger partial charge in [-0.25, -0.2) is 4.98 Å². The summed E-state index contributed by atoms with van der Waals surface area (Å²) in [5.41, 5.74) is 7.11. The summed E-state index contributed by atoms with van der Waals surface area (Å²) >= 11 is 5.66. The van der Waals surface area contributed by atoms with E-state index in [1.807, 2.05) is 31.2 Å². The Hall–Kier alpha value is -1.81. The van der Waals surface area contributed by atoms with Gasteiger partial charge in [-0.2, -0.15) is 4.98 Å². The molecule has 0 saturated heterocycles. The molecule has 1 heterocycles. The Morgan fingerprint density at radius 2 is 2.19 bits per heavy atom. The third-order valence-corrected chi connectivity index (χ3v) is 2.14. The van der Waals surface area contributed by atoms with E-state index in [0.29, 0.717) is 11.4 Å². The lowest BCUT2D eigenvalue weighted by atomic mass is 10.2. The molecule has 5 heteroatoms. The van der Waals surface area contributed by atoms with Gasteiger partial charge in [0.05, 0.1) is 6.20 Å². The van der Waals surface area contributed by atoms with E-state index in [1.54, 1.807) is 0 Å². The Morgan fingerprint density at radius 1 is 1.38 bits per heavy atom. The number of halogens is 1. The average Bonchev–Trinajstić information content (AvgIpc) is 2.24. The normalized spacial score (nSPS) is 10.1. The fraction of sp³-hybridized carbons (Fsp3) is 0.0909. The van der Waals surface area contributed by atoms with Crippen LogP contribution in [-0.2, 0) is 0 Å². The maximum Gasteiger partial charge on any atom is 0.247 e. The Bertz CT molecular complexity index is 516. The Labute approximate surface area is 98.0 Å². The largest absolute Gasteiger partial charge is 0.437 e. The van der Waals surface area contributed by atoms with Gasteiger partial charge in [0.2, 0.25) is 11.2 Å². The molecule has 2 aromatic rings. The van der Waals surface area contributed by atoms with Crippen molar-refractivity contribution in [1.29, 1.82) is 0 Å². The van der Waals surface area contributed by atoms with Gasteiger partial charge in [-0.05, 0) is 36.2 Å². The van der Waals surface area contributed by atoms with Crippen LogP contribution in [0.2, 0.25) is 5.28 Å². The number of hydrogen-bond donors (Lipinski definition) is 1. The summed E-state index contributed by atoms with van der Waals surface area (Å²) < 4.78 is 5.51. The van der Waals surface area contributed by atoms with Crippen molar-refractivity contribution in [2.75, 3.05) is 5.73 Å². The highest BCUT2D eigenvalue weighted by Crippen LogP contribution is 2.25. The number of nitrogens with two attached hydrogens (primary N) is 1. The van der Waals surface area contributed by atoms with E-state index in [9.17, 15) is 0 Å². The summed E-state index contributed by atoms with van der Waals surface area (Å²) in [6.45, 7) is 1.98. The highest BCUT2D eigenvalue weighted by Gasteiger charge is 2.05. The third kappa shape index (κ3) is 2.41. The molecule has 2 rings (SSSR count). The van der Waals surface area contributed by atoms with E-state index in [4.69, 9.17) is 22.1 Å². The summed E-state index contributed by atoms with van der Waals surface area (Å²) in [4.78, 5) is 7.65. The lowest BCUT2D eigenvalue weighted by molar-refractivity contribution is 0.464. The quantitative estimate of drug-likeness (QED) is 0.813. The number of anilines is 1. The number of benzene rings is 1. The van der Waals surface area contributed by atoms with Crippen LogP contribution in [0.4, 0.5) is 5.69 Å². The first-order valence-electron chi connectivity index (χ1n) is 4.67. The zero-order chi connectivity index (χ0) is 11.5. The minimum Gasteiger partial charge on any atom is -0.437 e. The number of aromatic nitrogens is 2. The smallest absolute Gasteiger partial charge is 0.247 e. The fourth-order valence-electron chi connectivity index (χ4n) is 1.23. The molecule has 0 saturated carbocycles. The van der Waals surface area contributed by atoms with Gasteiger partial charge in [-0.15, -0.1) is 0 Å². The minimum absolute atomic E-state index is 0.108. The van der Waals surface area contributed by atoms with Gasteiger partial charge in [-0.1, -0.05) is 12.1 Å². The van der Waals surface area contributed by atoms with Crippen molar-refractivity contribution in [3.63, 3.8) is 0 Å². The first kappa shape index (κ1) is 10.7. The Morgan fingerprint density at radius 3 is 2.94 bits per heavy atom. The molecule has 16 heavy (non-hydrogen) atoms. The molecule has 4 nitrogen and oxygen atoms in total. The second-order valence-corrected chi connectivity index (χ2v) is 3.66. The van der Waals surface area contributed by atoms with Gasteiger partial charge in [0.15, 0.2) is 0 Å². The zero-order valence-electron chi connectivity index (χ0n) is 8.64. The summed E-state index contributed by atoms with van der Waals surface area (Å²) in [6.07, 6.45) is 1.42. The molecule has 0 aliphatic carbocycles. The van der Waals surface area contributed by atoms with Crippen LogP contribution in [0.25, 0.3) is 0 Å². The number of nitrogens with zero attached hydrogens (tertiary/aromatic N) is 2. The number of nitrogen functional groups attached to an aromatic ring is 1. The van der Waals surface area contributed by atoms with Crippen LogP contribution in [0.3, 0.4) is 0 Å². The van der Waals surface area contributed by atoms with Crippen molar-refractivity contribution in [2.24, 2.45) is 0 Å². The van der Waals surface area contributed by atoms with Crippen molar-refractivity contribution in [3.8, 4) is 11.6 Å². The number of aryl methyl sites for hydroxylation is 1. The van der Waals surface area contributed by atoms with Crippen LogP contribution in [0.5, 0.6) is 11.6 Å². The van der Waals surface area contributed by atoms with E-state index >= 15 is 0 Å². The van der Waals surface area contributed by atoms with Gasteiger partial charge in [0, 0.05) is 0 Å². The van der Waals surface area contributed by atoms with Gasteiger partial charge in [0.25, 0.3) is 0 Å². The minimum atomic E-state index is 0.108. The predicted molar refractivity (Wildman–Crippen MR) is 62.7 cm³/mol. The van der Waals surface area contributed by atoms with Gasteiger partial charge < -0.3 is 10.5 Å². The number of rotatable bonds is 2. The molecular weight excluding hydrogens is 226 g/mol. The van der Waals surface area contributed by atoms with Gasteiger partial charge >= 0.3 is 0 Å². The van der Waals surface area contributed by atoms with Crippen LogP contribution in [0, 0.1) is 6.92 Å². The molecule has 1 aromatic heterocycles. The molecule has 0 spiro atoms. The molecular formula is C11H10ClN3O. The van der Waals surface area contributed by atoms with Crippen LogP contribution in [0.1, 0.15) is 5.56 Å². The molecule has 0 unspecified atom stereocenters. The third-order valence-electron chi connectivity index (χ3n) is 1.95. The van der Waals surface area contributed by atoms with E-state index in [-0.39, 0.29) is 11.2 Å². The van der Waals surface area contributed by atoms with Crippen LogP contribution in [-0.4, -0.2) is 9.97 Å². The summed E-state index contributed by atoms with van der Waals surface area (Å²) in [5.74, 6) is 0.937. The maximum atomic E-state index is 5.67. The standard InChI is InChI=1S/C11H10ClN3O/c1-7-3-2-4-8(5-7)16-10-9(13)6-14-11(12)15-10/h2-6H,13H2,1H3. The van der Waals surface area contributed by atoms with Crippen molar-refractivity contribution in [2.45, 2.75) is 6.92 Å². The lowest BCUT2D eigenvalue weighted by Gasteiger charge is -2.07. The van der Waals surface area contributed by atoms with Crippen molar-refractivity contribution in [3.05, 3.63) is 41.3 Å². The first-order chi connectivity index (χ1) is 7.65. The van der Waals surface area contributed by atoms with E-state index in [0.717, 1.165) is 5.56 Å². The molecule has 82 valence electrons. The summed E-state index contributed by atoms with van der Waals surface area (Å²) in [7, 11) is 0. The molecule has 2 N–H and O–H groups in total. The molecule has 0 aliphatic heterocycles. The Balaban J connectivity index is 2.30. The average molecular weight is 236 g/mol. The van der Waals surface area contributed by atoms with Crippen LogP contribution in [0.15, 0.2) is 30.5 Å². The molecule has 0 fully saturated rings. The fourth-order valence-corrected chi connectivity index (χ4v) is 1.35. The van der Waals surface area contributed by atoms with Crippen molar-refractivity contribution in [1.82, 2.24) is 9.97 Å². The van der Waals surface area contributed by atoms with Crippen LogP contribution < -0.4 is 10.5 Å². The molecule has 0 aliphatic rings. The molecule has 1 aromatic carbocycles. The van der Waals surface area contributed by atoms with Crippen molar-refractivity contribution >= 4 is 17.3 Å². The second-order valence-electron chi connectivity index (χ2n) is 3.32. The van der Waals surface area contributed by atoms with E-state index < -0.39 is 0 Å². The molecule has 0 radical (unpaired) electrons. The van der Waals surface area contributed by atoms with Gasteiger partial charge in [-0.3, -0.25) is 0 Å².